The van der Waals surface area contributed by atoms with E-state index in [1.165, 1.54) is 0 Å². The number of hydrogen-bond donors (Lipinski definition) is 2. The SMILES string of the molecule is CCOC(=O)Oc1ccc(NC(=O)NCCc2ccc(OC)cc2)cc1. The second-order valence-corrected chi connectivity index (χ2v) is 5.29. The molecular weight excluding hydrogens is 336 g/mol. The molecule has 2 N–H and O–H groups in total. The highest BCUT2D eigenvalue weighted by molar-refractivity contribution is 5.89. The van der Waals surface area contributed by atoms with Crippen LogP contribution >= 0.6 is 0 Å². The second kappa shape index (κ2) is 9.93. The highest BCUT2D eigenvalue weighted by Gasteiger charge is 2.06. The van der Waals surface area contributed by atoms with Crippen LogP contribution in [0.25, 0.3) is 0 Å². The van der Waals surface area contributed by atoms with Crippen LogP contribution in [0.3, 0.4) is 0 Å². The number of ether oxygens (including phenoxy) is 3. The summed E-state index contributed by atoms with van der Waals surface area (Å²) >= 11 is 0. The van der Waals surface area contributed by atoms with Crippen molar-refractivity contribution >= 4 is 17.9 Å². The maximum absolute atomic E-state index is 11.9. The monoisotopic (exact) mass is 358 g/mol. The van der Waals surface area contributed by atoms with Crippen LogP contribution in [0.15, 0.2) is 48.5 Å². The lowest BCUT2D eigenvalue weighted by Crippen LogP contribution is -2.30. The minimum atomic E-state index is -0.760. The molecule has 2 aromatic carbocycles. The zero-order chi connectivity index (χ0) is 18.8. The van der Waals surface area contributed by atoms with Gasteiger partial charge in [0, 0.05) is 12.2 Å². The zero-order valence-electron chi connectivity index (χ0n) is 14.8. The number of urea groups is 1. The van der Waals surface area contributed by atoms with Crippen LogP contribution in [0, 0.1) is 0 Å². The fraction of sp³-hybridized carbons (Fsp3) is 0.263. The molecule has 0 saturated carbocycles. The molecule has 138 valence electrons. The molecule has 0 aliphatic rings. The molecule has 2 aromatic rings. The van der Waals surface area contributed by atoms with Gasteiger partial charge in [-0.2, -0.15) is 0 Å². The number of benzene rings is 2. The topological polar surface area (TPSA) is 85.9 Å². The average Bonchev–Trinajstić information content (AvgIpc) is 2.64. The number of rotatable bonds is 7. The molecule has 2 rings (SSSR count). The van der Waals surface area contributed by atoms with Crippen LogP contribution in [0.2, 0.25) is 0 Å². The summed E-state index contributed by atoms with van der Waals surface area (Å²) < 4.78 is 14.7. The first-order valence-electron chi connectivity index (χ1n) is 8.23. The van der Waals surface area contributed by atoms with Gasteiger partial charge in [-0.25, -0.2) is 9.59 Å². The Labute approximate surface area is 152 Å². The molecule has 26 heavy (non-hydrogen) atoms. The third kappa shape index (κ3) is 6.35. The number of hydrogen-bond acceptors (Lipinski definition) is 5. The van der Waals surface area contributed by atoms with Gasteiger partial charge >= 0.3 is 12.2 Å². The molecule has 0 saturated heterocycles. The molecule has 0 aliphatic carbocycles. The summed E-state index contributed by atoms with van der Waals surface area (Å²) in [6.07, 6.45) is -0.0477. The number of nitrogens with one attached hydrogen (secondary N) is 2. The molecule has 0 bridgehead atoms. The fourth-order valence-electron chi connectivity index (χ4n) is 2.14. The van der Waals surface area contributed by atoms with Gasteiger partial charge in [0.05, 0.1) is 13.7 Å². The van der Waals surface area contributed by atoms with E-state index in [1.807, 2.05) is 24.3 Å². The Morgan fingerprint density at radius 1 is 0.962 bits per heavy atom. The van der Waals surface area contributed by atoms with Gasteiger partial charge < -0.3 is 24.8 Å². The quantitative estimate of drug-likeness (QED) is 0.583. The minimum absolute atomic E-state index is 0.245. The summed E-state index contributed by atoms with van der Waals surface area (Å²) in [6, 6.07) is 13.8. The molecule has 0 atom stereocenters. The molecule has 0 radical (unpaired) electrons. The predicted octanol–water partition coefficient (Wildman–Crippen LogP) is 3.59. The van der Waals surface area contributed by atoms with Crippen molar-refractivity contribution in [2.24, 2.45) is 0 Å². The zero-order valence-corrected chi connectivity index (χ0v) is 14.8. The third-order valence-electron chi connectivity index (χ3n) is 3.43. The van der Waals surface area contributed by atoms with Crippen LogP contribution < -0.4 is 20.1 Å². The van der Waals surface area contributed by atoms with Gasteiger partial charge in [-0.05, 0) is 55.3 Å². The lowest BCUT2D eigenvalue weighted by molar-refractivity contribution is 0.104. The molecule has 0 unspecified atom stereocenters. The van der Waals surface area contributed by atoms with E-state index >= 15 is 0 Å². The van der Waals surface area contributed by atoms with Crippen LogP contribution in [0.5, 0.6) is 11.5 Å². The molecule has 2 amide bonds. The Bertz CT molecular complexity index is 714. The van der Waals surface area contributed by atoms with Gasteiger partial charge in [-0.15, -0.1) is 0 Å². The van der Waals surface area contributed by atoms with Crippen molar-refractivity contribution in [3.8, 4) is 11.5 Å². The molecule has 0 aliphatic heterocycles. The Hall–Kier alpha value is -3.22. The summed E-state index contributed by atoms with van der Waals surface area (Å²) in [4.78, 5) is 23.1. The maximum atomic E-state index is 11.9. The van der Waals surface area contributed by atoms with Gasteiger partial charge in [0.15, 0.2) is 0 Å². The van der Waals surface area contributed by atoms with E-state index in [0.29, 0.717) is 24.4 Å². The predicted molar refractivity (Wildman–Crippen MR) is 97.8 cm³/mol. The summed E-state index contributed by atoms with van der Waals surface area (Å²) in [5.41, 5.74) is 1.69. The number of amides is 2. The Kier molecular flexibility index (Phi) is 7.30. The van der Waals surface area contributed by atoms with Crippen molar-refractivity contribution in [1.29, 1.82) is 0 Å². The minimum Gasteiger partial charge on any atom is -0.497 e. The molecule has 7 heteroatoms. The van der Waals surface area contributed by atoms with Crippen molar-refractivity contribution in [3.63, 3.8) is 0 Å². The summed E-state index contributed by atoms with van der Waals surface area (Å²) in [5.74, 6) is 1.14. The van der Waals surface area contributed by atoms with E-state index in [1.54, 1.807) is 38.3 Å². The normalized spacial score (nSPS) is 9.92. The largest absolute Gasteiger partial charge is 0.513 e. The molecule has 0 fully saturated rings. The first-order valence-corrected chi connectivity index (χ1v) is 8.23. The standard InChI is InChI=1S/C19H22N2O5/c1-3-25-19(23)26-17-10-6-15(7-11-17)21-18(22)20-13-12-14-4-8-16(24-2)9-5-14/h4-11H,3,12-13H2,1-2H3,(H2,20,21,22). The van der Waals surface area contributed by atoms with Gasteiger partial charge in [0.2, 0.25) is 0 Å². The van der Waals surface area contributed by atoms with E-state index in [9.17, 15) is 9.59 Å². The number of anilines is 1. The summed E-state index contributed by atoms with van der Waals surface area (Å²) in [7, 11) is 1.62. The highest BCUT2D eigenvalue weighted by Crippen LogP contribution is 2.16. The first kappa shape index (κ1) is 19.1. The van der Waals surface area contributed by atoms with Gasteiger partial charge in [-0.3, -0.25) is 0 Å². The average molecular weight is 358 g/mol. The van der Waals surface area contributed by atoms with Gasteiger partial charge in [0.25, 0.3) is 0 Å². The highest BCUT2D eigenvalue weighted by atomic mass is 16.7. The lowest BCUT2D eigenvalue weighted by atomic mass is 10.1. The maximum Gasteiger partial charge on any atom is 0.513 e. The Balaban J connectivity index is 1.73. The smallest absolute Gasteiger partial charge is 0.497 e. The van der Waals surface area contributed by atoms with Crippen molar-refractivity contribution in [2.75, 3.05) is 25.6 Å². The third-order valence-corrected chi connectivity index (χ3v) is 3.43. The van der Waals surface area contributed by atoms with Crippen molar-refractivity contribution in [3.05, 3.63) is 54.1 Å². The van der Waals surface area contributed by atoms with Crippen molar-refractivity contribution < 1.29 is 23.8 Å². The van der Waals surface area contributed by atoms with E-state index in [4.69, 9.17) is 9.47 Å². The summed E-state index contributed by atoms with van der Waals surface area (Å²) in [5, 5.41) is 5.50. The molecular formula is C19H22N2O5. The number of carbonyl (C=O) groups is 2. The molecule has 0 spiro atoms. The number of methoxy groups -OCH3 is 1. The molecule has 0 aromatic heterocycles. The van der Waals surface area contributed by atoms with Crippen molar-refractivity contribution in [2.45, 2.75) is 13.3 Å². The van der Waals surface area contributed by atoms with Crippen LogP contribution in [-0.2, 0) is 11.2 Å². The first-order chi connectivity index (χ1) is 12.6. The summed E-state index contributed by atoms with van der Waals surface area (Å²) in [6.45, 7) is 2.44. The number of carbonyl (C=O) groups excluding carboxylic acids is 2. The lowest BCUT2D eigenvalue weighted by Gasteiger charge is -2.09. The second-order valence-electron chi connectivity index (χ2n) is 5.29. The van der Waals surface area contributed by atoms with Crippen LogP contribution in [-0.4, -0.2) is 32.4 Å². The van der Waals surface area contributed by atoms with Gasteiger partial charge in [0.1, 0.15) is 11.5 Å². The molecule has 7 nitrogen and oxygen atoms in total. The Morgan fingerprint density at radius 3 is 2.23 bits per heavy atom. The fourth-order valence-corrected chi connectivity index (χ4v) is 2.14. The van der Waals surface area contributed by atoms with E-state index in [-0.39, 0.29) is 12.6 Å². The van der Waals surface area contributed by atoms with E-state index < -0.39 is 6.16 Å². The van der Waals surface area contributed by atoms with E-state index in [2.05, 4.69) is 15.4 Å². The van der Waals surface area contributed by atoms with Crippen LogP contribution in [0.4, 0.5) is 15.3 Å². The van der Waals surface area contributed by atoms with E-state index in [0.717, 1.165) is 11.3 Å². The molecule has 0 heterocycles. The van der Waals surface area contributed by atoms with Crippen LogP contribution in [0.1, 0.15) is 12.5 Å². The Morgan fingerprint density at radius 2 is 1.62 bits per heavy atom. The van der Waals surface area contributed by atoms with Crippen molar-refractivity contribution in [1.82, 2.24) is 5.32 Å². The van der Waals surface area contributed by atoms with Gasteiger partial charge in [-0.1, -0.05) is 12.1 Å².